The third kappa shape index (κ3) is 0.426. The lowest BCUT2D eigenvalue weighted by molar-refractivity contribution is -0.692. The summed E-state index contributed by atoms with van der Waals surface area (Å²) in [6.07, 6.45) is 2.70. The normalized spacial score (nSPS) is 10.7. The van der Waals surface area contributed by atoms with Crippen molar-refractivity contribution in [1.82, 2.24) is 5.16 Å². The van der Waals surface area contributed by atoms with Gasteiger partial charge in [0.15, 0.2) is 10.9 Å². The van der Waals surface area contributed by atoms with Crippen molar-refractivity contribution in [3.63, 3.8) is 0 Å². The Morgan fingerprint density at radius 2 is 2.44 bits per heavy atom. The van der Waals surface area contributed by atoms with E-state index < -0.39 is 0 Å². The van der Waals surface area contributed by atoms with Crippen molar-refractivity contribution in [2.75, 3.05) is 0 Å². The minimum absolute atomic E-state index is 0.346. The largest absolute Gasteiger partial charge is 0.463 e. The first-order valence-corrected chi connectivity index (χ1v) is 2.34. The molecule has 0 amide bonds. The first kappa shape index (κ1) is 4.37. The number of H-pyrrole nitrogens is 1. The summed E-state index contributed by atoms with van der Waals surface area (Å²) in [5.74, 6) is 0. The monoisotopic (exact) mass is 127 g/mol. The van der Waals surface area contributed by atoms with Crippen LogP contribution in [0, 0.1) is 4.91 Å². The van der Waals surface area contributed by atoms with E-state index in [0.29, 0.717) is 15.6 Å². The Balaban J connectivity index is 3.17. The van der Waals surface area contributed by atoms with Crippen LogP contribution in [0.4, 0.5) is 0 Å². The zero-order valence-electron chi connectivity index (χ0n) is 4.33. The molecule has 1 N–H and O–H groups in total. The van der Waals surface area contributed by atoms with Crippen LogP contribution in [0.1, 0.15) is 0 Å². The number of fused-ring (bicyclic) bond motifs is 1. The quantitative estimate of drug-likeness (QED) is 0.552. The molecule has 0 saturated heterocycles. The SMILES string of the molecule is O=[n+]1o[nH]c2cocc21. The molecule has 2 rings (SSSR count). The van der Waals surface area contributed by atoms with Crippen LogP contribution in [0.5, 0.6) is 0 Å². The number of aromatic amines is 1. The number of aromatic nitrogens is 2. The van der Waals surface area contributed by atoms with Gasteiger partial charge in [-0.1, -0.05) is 9.79 Å². The second-order valence-corrected chi connectivity index (χ2v) is 1.62. The van der Waals surface area contributed by atoms with Gasteiger partial charge in [0.1, 0.15) is 6.26 Å². The van der Waals surface area contributed by atoms with Gasteiger partial charge in [-0.05, 0) is 4.91 Å². The summed E-state index contributed by atoms with van der Waals surface area (Å²) in [7, 11) is 0. The maximum Gasteiger partial charge on any atom is 0.310 e. The van der Waals surface area contributed by atoms with E-state index in [0.717, 1.165) is 0 Å². The van der Waals surface area contributed by atoms with Gasteiger partial charge in [-0.3, -0.25) is 0 Å². The van der Waals surface area contributed by atoms with Crippen LogP contribution in [-0.4, -0.2) is 5.16 Å². The molecule has 0 unspecified atom stereocenters. The summed E-state index contributed by atoms with van der Waals surface area (Å²) in [5, 5.41) is 2.35. The van der Waals surface area contributed by atoms with Crippen molar-refractivity contribution >= 4 is 11.0 Å². The average Bonchev–Trinajstić information content (AvgIpc) is 2.35. The molecule has 0 atom stereocenters. The lowest BCUT2D eigenvalue weighted by Crippen LogP contribution is -2.07. The van der Waals surface area contributed by atoms with E-state index >= 15 is 0 Å². The highest BCUT2D eigenvalue weighted by Crippen LogP contribution is 2.04. The van der Waals surface area contributed by atoms with Crippen molar-refractivity contribution in [1.29, 1.82) is 0 Å². The van der Waals surface area contributed by atoms with Crippen molar-refractivity contribution in [3.8, 4) is 0 Å². The first-order chi connectivity index (χ1) is 4.38. The van der Waals surface area contributed by atoms with Crippen LogP contribution in [0.2, 0.25) is 0 Å². The van der Waals surface area contributed by atoms with Gasteiger partial charge in [-0.2, -0.15) is 0 Å². The number of furan rings is 1. The molecule has 0 saturated carbocycles. The predicted molar refractivity (Wildman–Crippen MR) is 26.2 cm³/mol. The fourth-order valence-corrected chi connectivity index (χ4v) is 0.648. The Morgan fingerprint density at radius 1 is 1.56 bits per heavy atom. The molecule has 0 spiro atoms. The molecule has 2 aromatic heterocycles. The summed E-state index contributed by atoms with van der Waals surface area (Å²) in [6, 6.07) is 0. The van der Waals surface area contributed by atoms with Crippen LogP contribution in [0.15, 0.2) is 21.6 Å². The molecule has 0 aliphatic heterocycles. The highest BCUT2D eigenvalue weighted by molar-refractivity contribution is 5.66. The molecule has 0 radical (unpaired) electrons. The Labute approximate surface area is 48.4 Å². The Kier molecular flexibility index (Phi) is 0.606. The molecule has 5 nitrogen and oxygen atoms in total. The molecule has 0 aliphatic rings. The zero-order chi connectivity index (χ0) is 6.27. The van der Waals surface area contributed by atoms with E-state index in [9.17, 15) is 4.91 Å². The number of hydrogen-bond donors (Lipinski definition) is 1. The Bertz CT molecular complexity index is 368. The molecule has 0 aromatic carbocycles. The number of rotatable bonds is 0. The van der Waals surface area contributed by atoms with Crippen LogP contribution < -0.4 is 4.60 Å². The van der Waals surface area contributed by atoms with Crippen LogP contribution in [0.3, 0.4) is 0 Å². The van der Waals surface area contributed by atoms with E-state index in [-0.39, 0.29) is 0 Å². The topological polar surface area (TPSA) is 65.0 Å². The number of nitrogens with one attached hydrogen (secondary N) is 1. The smallest absolute Gasteiger partial charge is 0.310 e. The number of hydrogen-bond acceptors (Lipinski definition) is 3. The molecule has 0 aliphatic carbocycles. The maximum atomic E-state index is 10.5. The molecule has 0 fully saturated rings. The molecule has 5 heteroatoms. The van der Waals surface area contributed by atoms with E-state index in [1.165, 1.54) is 12.5 Å². The van der Waals surface area contributed by atoms with Crippen molar-refractivity contribution in [2.45, 2.75) is 0 Å². The molecule has 46 valence electrons. The van der Waals surface area contributed by atoms with Gasteiger partial charge in [0.25, 0.3) is 5.52 Å². The van der Waals surface area contributed by atoms with Gasteiger partial charge < -0.3 is 4.42 Å². The van der Waals surface area contributed by atoms with Crippen LogP contribution >= 0.6 is 0 Å². The molecular formula is C4H3N2O3+. The highest BCUT2D eigenvalue weighted by atomic mass is 16.7. The van der Waals surface area contributed by atoms with E-state index in [4.69, 9.17) is 0 Å². The summed E-state index contributed by atoms with van der Waals surface area (Å²) in [5.41, 5.74) is 0.931. The molecule has 2 aromatic rings. The average molecular weight is 127 g/mol. The fraction of sp³-hybridized carbons (Fsp3) is 0. The Morgan fingerprint density at radius 3 is 3.22 bits per heavy atom. The first-order valence-electron chi connectivity index (χ1n) is 2.34. The van der Waals surface area contributed by atoms with Gasteiger partial charge in [0.05, 0.1) is 0 Å². The molecule has 2 heterocycles. The summed E-state index contributed by atoms with van der Waals surface area (Å²) in [6.45, 7) is 0. The van der Waals surface area contributed by atoms with Gasteiger partial charge >= 0.3 is 5.52 Å². The second kappa shape index (κ2) is 1.25. The minimum atomic E-state index is 0.346. The minimum Gasteiger partial charge on any atom is -0.463 e. The van der Waals surface area contributed by atoms with Gasteiger partial charge in [-0.25, -0.2) is 0 Å². The van der Waals surface area contributed by atoms with E-state index in [1.807, 2.05) is 0 Å². The summed E-state index contributed by atoms with van der Waals surface area (Å²) < 4.78 is 9.35. The van der Waals surface area contributed by atoms with Gasteiger partial charge in [0, 0.05) is 0 Å². The van der Waals surface area contributed by atoms with Gasteiger partial charge in [0.2, 0.25) is 0 Å². The third-order valence-electron chi connectivity index (χ3n) is 1.08. The summed E-state index contributed by atoms with van der Waals surface area (Å²) >= 11 is 0. The second-order valence-electron chi connectivity index (χ2n) is 1.62. The highest BCUT2D eigenvalue weighted by Gasteiger charge is 2.10. The lowest BCUT2D eigenvalue weighted by atomic mass is 10.5. The predicted octanol–water partition coefficient (Wildman–Crippen LogP) is 0.268. The molecule has 9 heavy (non-hydrogen) atoms. The summed E-state index contributed by atoms with van der Waals surface area (Å²) in [4.78, 5) is 10.5. The lowest BCUT2D eigenvalue weighted by Gasteiger charge is -1.55. The fourth-order valence-electron chi connectivity index (χ4n) is 0.648. The van der Waals surface area contributed by atoms with Crippen LogP contribution in [-0.2, 0) is 0 Å². The van der Waals surface area contributed by atoms with E-state index in [1.54, 1.807) is 0 Å². The zero-order valence-corrected chi connectivity index (χ0v) is 4.33. The van der Waals surface area contributed by atoms with Crippen molar-refractivity contribution in [2.24, 2.45) is 0 Å². The van der Waals surface area contributed by atoms with Crippen molar-refractivity contribution < 1.29 is 13.6 Å². The standard InChI is InChI=1S/C4H3N2O3/c7-6-4-2-8-1-3(4)5-9-6/h1-2,5H/q+1. The van der Waals surface area contributed by atoms with E-state index in [2.05, 4.69) is 14.2 Å². The number of nitrogens with zero attached hydrogens (tertiary/aromatic N) is 1. The van der Waals surface area contributed by atoms with Crippen molar-refractivity contribution in [3.05, 3.63) is 17.4 Å². The van der Waals surface area contributed by atoms with Gasteiger partial charge in [-0.15, -0.1) is 0 Å². The maximum absolute atomic E-state index is 10.5. The third-order valence-corrected chi connectivity index (χ3v) is 1.08. The van der Waals surface area contributed by atoms with Crippen LogP contribution in [0.25, 0.3) is 11.0 Å². The Hall–Kier alpha value is -1.52. The molecule has 0 bridgehead atoms. The molecular weight excluding hydrogens is 124 g/mol.